The molecule has 0 aliphatic rings. The van der Waals surface area contributed by atoms with E-state index < -0.39 is 5.60 Å². The molecule has 0 heterocycles. The van der Waals surface area contributed by atoms with E-state index >= 15 is 0 Å². The van der Waals surface area contributed by atoms with Crippen molar-refractivity contribution in [1.29, 1.82) is 0 Å². The fourth-order valence-electron chi connectivity index (χ4n) is 1.93. The van der Waals surface area contributed by atoms with Crippen molar-refractivity contribution in [3.05, 3.63) is 35.4 Å². The molecule has 0 bridgehead atoms. The van der Waals surface area contributed by atoms with E-state index in [0.29, 0.717) is 5.92 Å². The minimum Gasteiger partial charge on any atom is -0.386 e. The minimum absolute atomic E-state index is 0.618. The zero-order chi connectivity index (χ0) is 11.5. The zero-order valence-electron chi connectivity index (χ0n) is 10.2. The van der Waals surface area contributed by atoms with Crippen LogP contribution in [0.25, 0.3) is 0 Å². The first kappa shape index (κ1) is 12.3. The summed E-state index contributed by atoms with van der Waals surface area (Å²) in [4.78, 5) is 0. The van der Waals surface area contributed by atoms with Crippen LogP contribution in [-0.4, -0.2) is 5.11 Å². The normalized spacial score (nSPS) is 12.1. The van der Waals surface area contributed by atoms with Gasteiger partial charge in [-0.1, -0.05) is 38.1 Å². The molecule has 0 spiro atoms. The summed E-state index contributed by atoms with van der Waals surface area (Å²) in [5.74, 6) is 0.618. The molecule has 0 radical (unpaired) electrons. The lowest BCUT2D eigenvalue weighted by Gasteiger charge is -2.20. The molecule has 1 nitrogen and oxygen atoms in total. The van der Waals surface area contributed by atoms with Gasteiger partial charge >= 0.3 is 0 Å². The molecule has 0 aliphatic heterocycles. The third-order valence-electron chi connectivity index (χ3n) is 3.05. The molecule has 0 aliphatic carbocycles. The minimum atomic E-state index is -0.734. The molecule has 1 heteroatoms. The Morgan fingerprint density at radius 1 is 1.20 bits per heavy atom. The predicted molar refractivity (Wildman–Crippen MR) is 65.0 cm³/mol. The standard InChI is InChI=1S/C14H22O/c1-5-11(6-2)12-8-7-9-13(10-12)14(3,4)15/h7-11,15H,5-6H2,1-4H3. The van der Waals surface area contributed by atoms with Crippen LogP contribution in [0.1, 0.15) is 57.6 Å². The van der Waals surface area contributed by atoms with Gasteiger partial charge in [-0.2, -0.15) is 0 Å². The molecular formula is C14H22O. The maximum atomic E-state index is 9.94. The summed E-state index contributed by atoms with van der Waals surface area (Å²) < 4.78 is 0. The van der Waals surface area contributed by atoms with Gasteiger partial charge in [0.05, 0.1) is 5.60 Å². The van der Waals surface area contributed by atoms with Gasteiger partial charge in [0.1, 0.15) is 0 Å². The van der Waals surface area contributed by atoms with Crippen molar-refractivity contribution in [2.24, 2.45) is 0 Å². The SMILES string of the molecule is CCC(CC)c1cccc(C(C)(C)O)c1. The maximum absolute atomic E-state index is 9.94. The third-order valence-corrected chi connectivity index (χ3v) is 3.05. The molecular weight excluding hydrogens is 184 g/mol. The van der Waals surface area contributed by atoms with E-state index in [1.165, 1.54) is 5.56 Å². The molecule has 1 aromatic carbocycles. The number of aliphatic hydroxyl groups is 1. The highest BCUT2D eigenvalue weighted by Gasteiger charge is 2.17. The fourth-order valence-corrected chi connectivity index (χ4v) is 1.93. The second-order valence-corrected chi connectivity index (χ2v) is 4.70. The lowest BCUT2D eigenvalue weighted by molar-refractivity contribution is 0.0785. The Labute approximate surface area is 93.1 Å². The first-order valence-corrected chi connectivity index (χ1v) is 5.81. The maximum Gasteiger partial charge on any atom is 0.0840 e. The number of benzene rings is 1. The van der Waals surface area contributed by atoms with Crippen LogP contribution >= 0.6 is 0 Å². The summed E-state index contributed by atoms with van der Waals surface area (Å²) in [6.45, 7) is 8.09. The molecule has 0 aromatic heterocycles. The Hall–Kier alpha value is -0.820. The molecule has 0 saturated carbocycles. The van der Waals surface area contributed by atoms with Crippen molar-refractivity contribution in [3.8, 4) is 0 Å². The van der Waals surface area contributed by atoms with Crippen LogP contribution in [0.4, 0.5) is 0 Å². The second kappa shape index (κ2) is 4.80. The zero-order valence-corrected chi connectivity index (χ0v) is 10.2. The van der Waals surface area contributed by atoms with Crippen LogP contribution in [0.2, 0.25) is 0 Å². The summed E-state index contributed by atoms with van der Waals surface area (Å²) in [7, 11) is 0. The van der Waals surface area contributed by atoms with Gasteiger partial charge in [0.15, 0.2) is 0 Å². The van der Waals surface area contributed by atoms with Crippen molar-refractivity contribution in [1.82, 2.24) is 0 Å². The topological polar surface area (TPSA) is 20.2 Å². The van der Waals surface area contributed by atoms with Gasteiger partial charge in [-0.05, 0) is 43.7 Å². The predicted octanol–water partition coefficient (Wildman–Crippen LogP) is 3.82. The van der Waals surface area contributed by atoms with Crippen molar-refractivity contribution < 1.29 is 5.11 Å². The first-order valence-electron chi connectivity index (χ1n) is 5.81. The molecule has 1 rings (SSSR count). The van der Waals surface area contributed by atoms with Crippen LogP contribution < -0.4 is 0 Å². The van der Waals surface area contributed by atoms with Crippen molar-refractivity contribution in [2.75, 3.05) is 0 Å². The van der Waals surface area contributed by atoms with E-state index in [0.717, 1.165) is 18.4 Å². The van der Waals surface area contributed by atoms with E-state index in [2.05, 4.69) is 26.0 Å². The quantitative estimate of drug-likeness (QED) is 0.794. The molecule has 0 unspecified atom stereocenters. The van der Waals surface area contributed by atoms with Crippen LogP contribution in [0.5, 0.6) is 0 Å². The highest BCUT2D eigenvalue weighted by Crippen LogP contribution is 2.27. The Morgan fingerprint density at radius 2 is 1.80 bits per heavy atom. The molecule has 84 valence electrons. The monoisotopic (exact) mass is 206 g/mol. The highest BCUT2D eigenvalue weighted by atomic mass is 16.3. The van der Waals surface area contributed by atoms with Crippen LogP contribution in [-0.2, 0) is 5.60 Å². The average Bonchev–Trinajstić information content (AvgIpc) is 2.19. The van der Waals surface area contributed by atoms with Gasteiger partial charge < -0.3 is 5.11 Å². The Kier molecular flexibility index (Phi) is 3.92. The molecule has 0 atom stereocenters. The van der Waals surface area contributed by atoms with E-state index in [1.807, 2.05) is 26.0 Å². The summed E-state index contributed by atoms with van der Waals surface area (Å²) in [6.07, 6.45) is 2.32. The summed E-state index contributed by atoms with van der Waals surface area (Å²) in [5.41, 5.74) is 1.62. The lowest BCUT2D eigenvalue weighted by Crippen LogP contribution is -2.15. The number of hydrogen-bond donors (Lipinski definition) is 1. The molecule has 0 amide bonds. The van der Waals surface area contributed by atoms with Crippen molar-refractivity contribution >= 4 is 0 Å². The number of rotatable bonds is 4. The highest BCUT2D eigenvalue weighted by molar-refractivity contribution is 5.29. The average molecular weight is 206 g/mol. The molecule has 0 fully saturated rings. The van der Waals surface area contributed by atoms with Crippen molar-refractivity contribution in [3.63, 3.8) is 0 Å². The summed E-state index contributed by atoms with van der Waals surface area (Å²) in [5, 5.41) is 9.94. The van der Waals surface area contributed by atoms with Crippen LogP contribution in [0.15, 0.2) is 24.3 Å². The van der Waals surface area contributed by atoms with Gasteiger partial charge in [0.2, 0.25) is 0 Å². The van der Waals surface area contributed by atoms with Crippen LogP contribution in [0, 0.1) is 0 Å². The van der Waals surface area contributed by atoms with Gasteiger partial charge in [0.25, 0.3) is 0 Å². The van der Waals surface area contributed by atoms with Gasteiger partial charge in [0, 0.05) is 0 Å². The first-order chi connectivity index (χ1) is 6.99. The molecule has 15 heavy (non-hydrogen) atoms. The molecule has 1 aromatic rings. The largest absolute Gasteiger partial charge is 0.386 e. The summed E-state index contributed by atoms with van der Waals surface area (Å²) >= 11 is 0. The Morgan fingerprint density at radius 3 is 2.27 bits per heavy atom. The molecule has 0 saturated heterocycles. The molecule has 1 N–H and O–H groups in total. The fraction of sp³-hybridized carbons (Fsp3) is 0.571. The third kappa shape index (κ3) is 3.07. The summed E-state index contributed by atoms with van der Waals surface area (Å²) in [6, 6.07) is 8.33. The Balaban J connectivity index is 3.02. The van der Waals surface area contributed by atoms with E-state index in [-0.39, 0.29) is 0 Å². The lowest BCUT2D eigenvalue weighted by atomic mass is 9.89. The van der Waals surface area contributed by atoms with Crippen LogP contribution in [0.3, 0.4) is 0 Å². The second-order valence-electron chi connectivity index (χ2n) is 4.70. The van der Waals surface area contributed by atoms with E-state index in [4.69, 9.17) is 0 Å². The van der Waals surface area contributed by atoms with Gasteiger partial charge in [-0.25, -0.2) is 0 Å². The smallest absolute Gasteiger partial charge is 0.0840 e. The van der Waals surface area contributed by atoms with Gasteiger partial charge in [-0.3, -0.25) is 0 Å². The van der Waals surface area contributed by atoms with Gasteiger partial charge in [-0.15, -0.1) is 0 Å². The Bertz CT molecular complexity index is 305. The van der Waals surface area contributed by atoms with E-state index in [9.17, 15) is 5.11 Å². The van der Waals surface area contributed by atoms with Crippen molar-refractivity contribution in [2.45, 2.75) is 52.1 Å². The number of hydrogen-bond acceptors (Lipinski definition) is 1. The van der Waals surface area contributed by atoms with E-state index in [1.54, 1.807) is 0 Å².